The first-order valence-corrected chi connectivity index (χ1v) is 7.70. The number of rotatable bonds is 5. The Hall–Kier alpha value is -2.09. The van der Waals surface area contributed by atoms with E-state index in [1.54, 1.807) is 34.0 Å². The molecule has 1 saturated heterocycles. The van der Waals surface area contributed by atoms with Crippen molar-refractivity contribution in [3.8, 4) is 0 Å². The van der Waals surface area contributed by atoms with Crippen molar-refractivity contribution < 1.29 is 13.6 Å². The van der Waals surface area contributed by atoms with Crippen LogP contribution in [0.1, 0.15) is 23.2 Å². The third kappa shape index (κ3) is 4.01. The number of aromatic nitrogens is 3. The van der Waals surface area contributed by atoms with Gasteiger partial charge in [-0.05, 0) is 44.0 Å². The predicted molar refractivity (Wildman–Crippen MR) is 80.5 cm³/mol. The molecule has 0 radical (unpaired) electrons. The van der Waals surface area contributed by atoms with Crippen LogP contribution < -0.4 is 5.32 Å². The Morgan fingerprint density at radius 2 is 2.13 bits per heavy atom. The van der Waals surface area contributed by atoms with Crippen molar-refractivity contribution in [2.75, 3.05) is 26.2 Å². The number of piperidine rings is 1. The van der Waals surface area contributed by atoms with Crippen LogP contribution >= 0.6 is 0 Å². The van der Waals surface area contributed by atoms with Crippen LogP contribution in [0.25, 0.3) is 5.65 Å². The Bertz CT molecular complexity index is 667. The predicted octanol–water partition coefficient (Wildman–Crippen LogP) is 1.44. The molecule has 1 aliphatic rings. The highest BCUT2D eigenvalue weighted by atomic mass is 19.3. The van der Waals surface area contributed by atoms with Gasteiger partial charge in [0.05, 0.1) is 12.1 Å². The first-order valence-electron chi connectivity index (χ1n) is 7.70. The van der Waals surface area contributed by atoms with E-state index in [1.807, 2.05) is 0 Å². The highest BCUT2D eigenvalue weighted by Gasteiger charge is 2.21. The number of carbonyl (C=O) groups is 1. The first-order chi connectivity index (χ1) is 11.1. The highest BCUT2D eigenvalue weighted by Crippen LogP contribution is 2.17. The number of fused-ring (bicyclic) bond motifs is 1. The lowest BCUT2D eigenvalue weighted by atomic mass is 9.96. The summed E-state index contributed by atoms with van der Waals surface area (Å²) in [4.78, 5) is 14.0. The van der Waals surface area contributed by atoms with Gasteiger partial charge in [0, 0.05) is 12.7 Å². The van der Waals surface area contributed by atoms with E-state index in [0.717, 1.165) is 12.8 Å². The maximum absolute atomic E-state index is 12.3. The van der Waals surface area contributed by atoms with Crippen molar-refractivity contribution in [1.82, 2.24) is 24.8 Å². The molecule has 0 saturated carbocycles. The van der Waals surface area contributed by atoms with Crippen LogP contribution in [-0.4, -0.2) is 58.0 Å². The summed E-state index contributed by atoms with van der Waals surface area (Å²) in [6.45, 7) is 1.74. The van der Waals surface area contributed by atoms with Gasteiger partial charge in [-0.25, -0.2) is 8.78 Å². The summed E-state index contributed by atoms with van der Waals surface area (Å²) in [5.74, 6) is 0.196. The number of hydrogen-bond acceptors (Lipinski definition) is 4. The molecule has 0 unspecified atom stereocenters. The molecule has 3 heterocycles. The average Bonchev–Trinajstić information content (AvgIpc) is 3.01. The zero-order chi connectivity index (χ0) is 16.2. The molecule has 0 atom stereocenters. The Morgan fingerprint density at radius 1 is 1.35 bits per heavy atom. The first kappa shape index (κ1) is 15.8. The number of nitrogens with zero attached hydrogens (tertiary/aromatic N) is 4. The number of nitrogens with one attached hydrogen (secondary N) is 1. The molecule has 0 aromatic carbocycles. The molecule has 8 heteroatoms. The van der Waals surface area contributed by atoms with Crippen LogP contribution in [0.15, 0.2) is 24.7 Å². The van der Waals surface area contributed by atoms with E-state index in [1.165, 1.54) is 0 Å². The Labute approximate surface area is 132 Å². The van der Waals surface area contributed by atoms with Crippen molar-refractivity contribution in [1.29, 1.82) is 0 Å². The summed E-state index contributed by atoms with van der Waals surface area (Å²) in [6.07, 6.45) is 2.62. The van der Waals surface area contributed by atoms with Gasteiger partial charge in [0.2, 0.25) is 0 Å². The highest BCUT2D eigenvalue weighted by molar-refractivity contribution is 5.94. The van der Waals surface area contributed by atoms with E-state index < -0.39 is 6.43 Å². The smallest absolute Gasteiger partial charge is 0.252 e. The number of carbonyl (C=O) groups excluding carboxylic acids is 1. The van der Waals surface area contributed by atoms with E-state index in [-0.39, 0.29) is 12.5 Å². The monoisotopic (exact) mass is 323 g/mol. The average molecular weight is 323 g/mol. The van der Waals surface area contributed by atoms with Gasteiger partial charge in [-0.2, -0.15) is 0 Å². The molecule has 0 bridgehead atoms. The Kier molecular flexibility index (Phi) is 4.80. The molecule has 3 rings (SSSR count). The normalized spacial score (nSPS) is 17.0. The summed E-state index contributed by atoms with van der Waals surface area (Å²) in [5, 5.41) is 10.6. The fourth-order valence-corrected chi connectivity index (χ4v) is 2.87. The van der Waals surface area contributed by atoms with Crippen LogP contribution in [0.4, 0.5) is 8.78 Å². The zero-order valence-electron chi connectivity index (χ0n) is 12.7. The van der Waals surface area contributed by atoms with E-state index in [0.29, 0.717) is 36.8 Å². The van der Waals surface area contributed by atoms with E-state index in [9.17, 15) is 13.6 Å². The molecule has 1 N–H and O–H groups in total. The van der Waals surface area contributed by atoms with Gasteiger partial charge >= 0.3 is 0 Å². The molecule has 2 aromatic heterocycles. The molecule has 0 spiro atoms. The SMILES string of the molecule is O=C(NCC1CCN(CC(F)F)CC1)c1ccc2nncn2c1. The lowest BCUT2D eigenvalue weighted by Crippen LogP contribution is -2.40. The zero-order valence-corrected chi connectivity index (χ0v) is 12.7. The molecule has 0 aliphatic carbocycles. The lowest BCUT2D eigenvalue weighted by Gasteiger charge is -2.31. The van der Waals surface area contributed by atoms with Crippen LogP contribution in [0, 0.1) is 5.92 Å². The van der Waals surface area contributed by atoms with Gasteiger partial charge < -0.3 is 5.32 Å². The number of likely N-dealkylation sites (tertiary alicyclic amines) is 1. The van der Waals surface area contributed by atoms with Gasteiger partial charge in [-0.3, -0.25) is 14.1 Å². The minimum absolute atomic E-state index is 0.143. The molecule has 1 amide bonds. The maximum Gasteiger partial charge on any atom is 0.252 e. The molecule has 2 aromatic rings. The minimum atomic E-state index is -2.28. The summed E-state index contributed by atoms with van der Waals surface area (Å²) in [7, 11) is 0. The topological polar surface area (TPSA) is 62.5 Å². The van der Waals surface area contributed by atoms with E-state index >= 15 is 0 Å². The third-order valence-corrected chi connectivity index (χ3v) is 4.21. The second kappa shape index (κ2) is 6.99. The van der Waals surface area contributed by atoms with Gasteiger partial charge in [-0.1, -0.05) is 0 Å². The summed E-state index contributed by atoms with van der Waals surface area (Å²) in [5.41, 5.74) is 1.24. The van der Waals surface area contributed by atoms with Crippen molar-refractivity contribution in [3.63, 3.8) is 0 Å². The quantitative estimate of drug-likeness (QED) is 0.904. The fraction of sp³-hybridized carbons (Fsp3) is 0.533. The molecule has 124 valence electrons. The second-order valence-corrected chi connectivity index (χ2v) is 5.86. The number of hydrogen-bond donors (Lipinski definition) is 1. The van der Waals surface area contributed by atoms with E-state index in [2.05, 4.69) is 15.5 Å². The van der Waals surface area contributed by atoms with Crippen molar-refractivity contribution in [3.05, 3.63) is 30.2 Å². The van der Waals surface area contributed by atoms with Crippen LogP contribution in [0.3, 0.4) is 0 Å². The fourth-order valence-electron chi connectivity index (χ4n) is 2.87. The molecular formula is C15H19F2N5O. The number of alkyl halides is 2. The third-order valence-electron chi connectivity index (χ3n) is 4.21. The summed E-state index contributed by atoms with van der Waals surface area (Å²) >= 11 is 0. The molecule has 1 fully saturated rings. The number of pyridine rings is 1. The van der Waals surface area contributed by atoms with Gasteiger partial charge in [0.1, 0.15) is 6.33 Å². The second-order valence-electron chi connectivity index (χ2n) is 5.86. The standard InChI is InChI=1S/C15H19F2N5O/c16-13(17)9-21-5-3-11(4-6-21)7-18-15(23)12-1-2-14-20-19-10-22(14)8-12/h1-2,8,10-11,13H,3-7,9H2,(H,18,23). The van der Waals surface area contributed by atoms with Crippen LogP contribution in [0.2, 0.25) is 0 Å². The van der Waals surface area contributed by atoms with Crippen molar-refractivity contribution in [2.24, 2.45) is 5.92 Å². The molecular weight excluding hydrogens is 304 g/mol. The van der Waals surface area contributed by atoms with Gasteiger partial charge in [-0.15, -0.1) is 10.2 Å². The van der Waals surface area contributed by atoms with Crippen molar-refractivity contribution >= 4 is 11.6 Å². The number of amides is 1. The maximum atomic E-state index is 12.3. The van der Waals surface area contributed by atoms with Crippen LogP contribution in [-0.2, 0) is 0 Å². The molecule has 1 aliphatic heterocycles. The van der Waals surface area contributed by atoms with E-state index in [4.69, 9.17) is 0 Å². The molecule has 23 heavy (non-hydrogen) atoms. The molecule has 6 nitrogen and oxygen atoms in total. The number of halogens is 2. The summed E-state index contributed by atoms with van der Waals surface area (Å²) in [6, 6.07) is 3.45. The van der Waals surface area contributed by atoms with Crippen LogP contribution in [0.5, 0.6) is 0 Å². The van der Waals surface area contributed by atoms with Gasteiger partial charge in [0.15, 0.2) is 5.65 Å². The largest absolute Gasteiger partial charge is 0.352 e. The Balaban J connectivity index is 1.48. The van der Waals surface area contributed by atoms with Gasteiger partial charge in [0.25, 0.3) is 12.3 Å². The lowest BCUT2D eigenvalue weighted by molar-refractivity contribution is 0.0683. The Morgan fingerprint density at radius 3 is 2.87 bits per heavy atom. The summed E-state index contributed by atoms with van der Waals surface area (Å²) < 4.78 is 26.4. The minimum Gasteiger partial charge on any atom is -0.352 e. The van der Waals surface area contributed by atoms with Crippen molar-refractivity contribution in [2.45, 2.75) is 19.3 Å².